The van der Waals surface area contributed by atoms with E-state index in [4.69, 9.17) is 10.00 Å². The van der Waals surface area contributed by atoms with Gasteiger partial charge in [0.1, 0.15) is 12.3 Å². The summed E-state index contributed by atoms with van der Waals surface area (Å²) in [4.78, 5) is 0. The van der Waals surface area contributed by atoms with Crippen LogP contribution in [-0.4, -0.2) is 18.9 Å². The summed E-state index contributed by atoms with van der Waals surface area (Å²) < 4.78 is 5.17. The second-order valence-corrected chi connectivity index (χ2v) is 2.08. The number of nitrogens with one attached hydrogen (secondary N) is 1. The van der Waals surface area contributed by atoms with Gasteiger partial charge in [-0.3, -0.25) is 5.32 Å². The molecular formula is C6H10N2O. The molecule has 1 fully saturated rings. The Morgan fingerprint density at radius 1 is 1.89 bits per heavy atom. The maximum atomic E-state index is 8.39. The predicted octanol–water partition coefficient (Wildman–Crippen LogP) is 0.234. The van der Waals surface area contributed by atoms with Gasteiger partial charge in [0.2, 0.25) is 0 Å². The Morgan fingerprint density at radius 2 is 2.67 bits per heavy atom. The van der Waals surface area contributed by atoms with Gasteiger partial charge in [0.15, 0.2) is 0 Å². The van der Waals surface area contributed by atoms with Gasteiger partial charge in [-0.05, 0) is 6.42 Å². The molecular weight excluding hydrogens is 116 g/mol. The van der Waals surface area contributed by atoms with Crippen LogP contribution in [0, 0.1) is 11.3 Å². The number of nitrogens with zero attached hydrogens (tertiary/aromatic N) is 1. The van der Waals surface area contributed by atoms with Crippen molar-refractivity contribution in [2.75, 3.05) is 6.61 Å². The molecule has 0 radical (unpaired) electrons. The van der Waals surface area contributed by atoms with Gasteiger partial charge in [0.25, 0.3) is 0 Å². The summed E-state index contributed by atoms with van der Waals surface area (Å²) in [5, 5.41) is 11.4. The van der Waals surface area contributed by atoms with Crippen molar-refractivity contribution in [2.24, 2.45) is 0 Å². The molecule has 1 heterocycles. The summed E-state index contributed by atoms with van der Waals surface area (Å²) in [5.74, 6) is 0. The first-order valence-electron chi connectivity index (χ1n) is 3.14. The molecule has 0 aromatic heterocycles. The van der Waals surface area contributed by atoms with Crippen LogP contribution in [0.3, 0.4) is 0 Å². The minimum absolute atomic E-state index is 0.0880. The molecule has 0 spiro atoms. The molecule has 50 valence electrons. The summed E-state index contributed by atoms with van der Waals surface area (Å²) >= 11 is 0. The normalized spacial score (nSPS) is 34.2. The van der Waals surface area contributed by atoms with Gasteiger partial charge >= 0.3 is 0 Å². The van der Waals surface area contributed by atoms with E-state index < -0.39 is 0 Å². The van der Waals surface area contributed by atoms with Crippen LogP contribution in [0.25, 0.3) is 0 Å². The van der Waals surface area contributed by atoms with Crippen molar-refractivity contribution in [2.45, 2.75) is 25.6 Å². The summed E-state index contributed by atoms with van der Waals surface area (Å²) in [5.41, 5.74) is 0. The molecule has 1 aliphatic rings. The first-order chi connectivity index (χ1) is 4.36. The average molecular weight is 126 g/mol. The van der Waals surface area contributed by atoms with E-state index in [0.29, 0.717) is 6.61 Å². The molecule has 0 bridgehead atoms. The third-order valence-corrected chi connectivity index (χ3v) is 1.38. The van der Waals surface area contributed by atoms with Crippen molar-refractivity contribution in [1.82, 2.24) is 5.32 Å². The molecule has 0 amide bonds. The minimum Gasteiger partial charge on any atom is -0.361 e. The van der Waals surface area contributed by atoms with Gasteiger partial charge in [-0.25, -0.2) is 0 Å². The second kappa shape index (κ2) is 2.81. The standard InChI is InChI=1S/C6H10N2O/c1-2-6-8-5(3-7)4-9-6/h5-6,8H,2,4H2,1H3. The molecule has 2 unspecified atom stereocenters. The summed E-state index contributed by atoms with van der Waals surface area (Å²) in [7, 11) is 0. The monoisotopic (exact) mass is 126 g/mol. The van der Waals surface area contributed by atoms with Crippen LogP contribution in [-0.2, 0) is 4.74 Å². The highest BCUT2D eigenvalue weighted by Crippen LogP contribution is 2.04. The molecule has 3 heteroatoms. The maximum absolute atomic E-state index is 8.39. The maximum Gasteiger partial charge on any atom is 0.121 e. The van der Waals surface area contributed by atoms with Crippen LogP contribution in [0.5, 0.6) is 0 Å². The molecule has 9 heavy (non-hydrogen) atoms. The highest BCUT2D eigenvalue weighted by molar-refractivity contribution is 4.93. The van der Waals surface area contributed by atoms with Crippen molar-refractivity contribution < 1.29 is 4.74 Å². The zero-order valence-corrected chi connectivity index (χ0v) is 5.42. The van der Waals surface area contributed by atoms with Crippen LogP contribution in [0.2, 0.25) is 0 Å². The molecule has 1 saturated heterocycles. The molecule has 0 aliphatic carbocycles. The SMILES string of the molecule is CCC1NC(C#N)CO1. The lowest BCUT2D eigenvalue weighted by molar-refractivity contribution is 0.0978. The lowest BCUT2D eigenvalue weighted by Crippen LogP contribution is -2.28. The Balaban J connectivity index is 2.31. The fraction of sp³-hybridized carbons (Fsp3) is 0.833. The zero-order chi connectivity index (χ0) is 6.69. The van der Waals surface area contributed by atoms with E-state index >= 15 is 0 Å². The van der Waals surface area contributed by atoms with Crippen molar-refractivity contribution in [3.63, 3.8) is 0 Å². The molecule has 0 saturated carbocycles. The average Bonchev–Trinajstić information content (AvgIpc) is 2.34. The van der Waals surface area contributed by atoms with E-state index in [1.807, 2.05) is 6.92 Å². The predicted molar refractivity (Wildman–Crippen MR) is 32.6 cm³/mol. The quantitative estimate of drug-likeness (QED) is 0.547. The van der Waals surface area contributed by atoms with Crippen LogP contribution in [0.4, 0.5) is 0 Å². The molecule has 0 aromatic carbocycles. The van der Waals surface area contributed by atoms with Gasteiger partial charge in [-0.1, -0.05) is 6.92 Å². The van der Waals surface area contributed by atoms with E-state index in [9.17, 15) is 0 Å². The second-order valence-electron chi connectivity index (χ2n) is 2.08. The Labute approximate surface area is 54.6 Å². The Morgan fingerprint density at radius 3 is 3.00 bits per heavy atom. The minimum atomic E-state index is -0.0880. The zero-order valence-electron chi connectivity index (χ0n) is 5.42. The van der Waals surface area contributed by atoms with Crippen molar-refractivity contribution in [1.29, 1.82) is 5.26 Å². The Kier molecular flexibility index (Phi) is 2.04. The number of ether oxygens (including phenoxy) is 1. The first-order valence-corrected chi connectivity index (χ1v) is 3.14. The summed E-state index contributed by atoms with van der Waals surface area (Å²) in [6.45, 7) is 2.56. The lowest BCUT2D eigenvalue weighted by atomic mass is 10.3. The summed E-state index contributed by atoms with van der Waals surface area (Å²) in [6.07, 6.45) is 1.03. The van der Waals surface area contributed by atoms with Gasteiger partial charge in [0, 0.05) is 0 Å². The molecule has 3 nitrogen and oxygen atoms in total. The molecule has 2 atom stereocenters. The van der Waals surface area contributed by atoms with Crippen LogP contribution in [0.1, 0.15) is 13.3 Å². The van der Waals surface area contributed by atoms with E-state index in [1.54, 1.807) is 0 Å². The largest absolute Gasteiger partial charge is 0.361 e. The number of hydrogen-bond donors (Lipinski definition) is 1. The first kappa shape index (κ1) is 6.53. The highest BCUT2D eigenvalue weighted by atomic mass is 16.5. The number of rotatable bonds is 1. The van der Waals surface area contributed by atoms with Crippen molar-refractivity contribution >= 4 is 0 Å². The van der Waals surface area contributed by atoms with Gasteiger partial charge in [0.05, 0.1) is 12.7 Å². The van der Waals surface area contributed by atoms with E-state index in [-0.39, 0.29) is 12.3 Å². The Hall–Kier alpha value is -0.590. The number of hydrogen-bond acceptors (Lipinski definition) is 3. The highest BCUT2D eigenvalue weighted by Gasteiger charge is 2.21. The molecule has 1 rings (SSSR count). The van der Waals surface area contributed by atoms with Crippen LogP contribution in [0.15, 0.2) is 0 Å². The Bertz CT molecular complexity index is 130. The van der Waals surface area contributed by atoms with Crippen LogP contribution < -0.4 is 5.32 Å². The summed E-state index contributed by atoms with van der Waals surface area (Å²) in [6, 6.07) is 2.00. The van der Waals surface area contributed by atoms with Gasteiger partial charge in [-0.2, -0.15) is 5.26 Å². The van der Waals surface area contributed by atoms with Crippen LogP contribution >= 0.6 is 0 Å². The molecule has 0 aromatic rings. The third kappa shape index (κ3) is 1.41. The van der Waals surface area contributed by atoms with Gasteiger partial charge in [-0.15, -0.1) is 0 Å². The molecule has 1 aliphatic heterocycles. The smallest absolute Gasteiger partial charge is 0.121 e. The fourth-order valence-corrected chi connectivity index (χ4v) is 0.843. The van der Waals surface area contributed by atoms with E-state index in [1.165, 1.54) is 0 Å². The lowest BCUT2D eigenvalue weighted by Gasteiger charge is -2.03. The van der Waals surface area contributed by atoms with Crippen molar-refractivity contribution in [3.8, 4) is 6.07 Å². The van der Waals surface area contributed by atoms with E-state index in [0.717, 1.165) is 6.42 Å². The fourth-order valence-electron chi connectivity index (χ4n) is 0.843. The third-order valence-electron chi connectivity index (χ3n) is 1.38. The topological polar surface area (TPSA) is 45.0 Å². The van der Waals surface area contributed by atoms with Gasteiger partial charge < -0.3 is 4.74 Å². The molecule has 1 N–H and O–H groups in total. The van der Waals surface area contributed by atoms with E-state index in [2.05, 4.69) is 11.4 Å². The van der Waals surface area contributed by atoms with Crippen molar-refractivity contribution in [3.05, 3.63) is 0 Å². The number of nitriles is 1.